The number of H-pyrrole nitrogens is 1. The average molecular weight is 334 g/mol. The molecular weight excluding hydrogens is 318 g/mol. The van der Waals surface area contributed by atoms with Gasteiger partial charge in [0.15, 0.2) is 17.5 Å². The molecule has 2 aromatic rings. The van der Waals surface area contributed by atoms with E-state index in [1.807, 2.05) is 0 Å². The molecule has 2 heterocycles. The molecule has 6 nitrogen and oxygen atoms in total. The van der Waals surface area contributed by atoms with Gasteiger partial charge in [-0.1, -0.05) is 6.07 Å². The number of hydrogen-bond donors (Lipinski definition) is 2. The molecule has 2 N–H and O–H groups in total. The average Bonchev–Trinajstić information content (AvgIpc) is 2.58. The predicted octanol–water partition coefficient (Wildman–Crippen LogP) is 1.45. The third-order valence-corrected chi connectivity index (χ3v) is 3.94. The number of nitrogens with zero attached hydrogens (tertiary/aromatic N) is 2. The third-order valence-electron chi connectivity index (χ3n) is 3.94. The van der Waals surface area contributed by atoms with Gasteiger partial charge in [-0.3, -0.25) is 9.59 Å². The first-order chi connectivity index (χ1) is 11.6. The summed E-state index contributed by atoms with van der Waals surface area (Å²) in [6.07, 6.45) is 4.36. The molecule has 1 aromatic carbocycles. The Bertz CT molecular complexity index is 809. The molecule has 0 radical (unpaired) electrons. The number of aromatic amines is 1. The predicted molar refractivity (Wildman–Crippen MR) is 83.9 cm³/mol. The summed E-state index contributed by atoms with van der Waals surface area (Å²) in [5.74, 6) is -2.61. The fraction of sp³-hybridized carbons (Fsp3) is 0.312. The lowest BCUT2D eigenvalue weighted by Gasteiger charge is -2.33. The fourth-order valence-electron chi connectivity index (χ4n) is 2.80. The first-order valence-corrected chi connectivity index (χ1v) is 7.60. The number of carbonyl (C=O) groups is 1. The van der Waals surface area contributed by atoms with Crippen LogP contribution in [0.1, 0.15) is 23.2 Å². The number of amides is 1. The van der Waals surface area contributed by atoms with Crippen molar-refractivity contribution in [2.24, 2.45) is 0 Å². The summed E-state index contributed by atoms with van der Waals surface area (Å²) in [4.78, 5) is 32.4. The van der Waals surface area contributed by atoms with Gasteiger partial charge < -0.3 is 15.2 Å². The third kappa shape index (κ3) is 3.27. The van der Waals surface area contributed by atoms with Gasteiger partial charge in [0.25, 0.3) is 11.5 Å². The van der Waals surface area contributed by atoms with E-state index in [9.17, 15) is 18.4 Å². The highest BCUT2D eigenvalue weighted by atomic mass is 19.2. The van der Waals surface area contributed by atoms with Crippen LogP contribution >= 0.6 is 0 Å². The van der Waals surface area contributed by atoms with Crippen LogP contribution in [0.15, 0.2) is 35.4 Å². The largest absolute Gasteiger partial charge is 0.350 e. The second-order valence-corrected chi connectivity index (χ2v) is 5.60. The lowest BCUT2D eigenvalue weighted by Crippen LogP contribution is -2.49. The van der Waals surface area contributed by atoms with Crippen molar-refractivity contribution in [3.63, 3.8) is 0 Å². The number of aromatic nitrogens is 2. The van der Waals surface area contributed by atoms with E-state index in [1.165, 1.54) is 24.5 Å². The molecular formula is C16H16F2N4O2. The SMILES string of the molecule is O=C(N[C@@H]1CCCN(c2ncc[nH]c2=O)C1)c1cccc(F)c1F. The molecule has 1 aliphatic heterocycles. The monoisotopic (exact) mass is 334 g/mol. The van der Waals surface area contributed by atoms with E-state index in [0.717, 1.165) is 12.5 Å². The van der Waals surface area contributed by atoms with Gasteiger partial charge in [0.2, 0.25) is 0 Å². The molecule has 24 heavy (non-hydrogen) atoms. The highest BCUT2D eigenvalue weighted by molar-refractivity contribution is 5.94. The summed E-state index contributed by atoms with van der Waals surface area (Å²) in [6, 6.07) is 3.20. The topological polar surface area (TPSA) is 78.1 Å². The molecule has 1 aromatic heterocycles. The number of benzene rings is 1. The highest BCUT2D eigenvalue weighted by Gasteiger charge is 2.25. The molecule has 1 aliphatic rings. The van der Waals surface area contributed by atoms with E-state index in [-0.39, 0.29) is 23.0 Å². The molecule has 1 amide bonds. The van der Waals surface area contributed by atoms with Crippen molar-refractivity contribution in [2.45, 2.75) is 18.9 Å². The second kappa shape index (κ2) is 6.77. The molecule has 3 rings (SSSR count). The van der Waals surface area contributed by atoms with Gasteiger partial charge in [0.1, 0.15) is 0 Å². The van der Waals surface area contributed by atoms with Crippen molar-refractivity contribution < 1.29 is 13.6 Å². The molecule has 1 saturated heterocycles. The van der Waals surface area contributed by atoms with Crippen molar-refractivity contribution in [1.29, 1.82) is 0 Å². The van der Waals surface area contributed by atoms with Gasteiger partial charge in [-0.25, -0.2) is 13.8 Å². The van der Waals surface area contributed by atoms with E-state index in [2.05, 4.69) is 15.3 Å². The van der Waals surface area contributed by atoms with Crippen LogP contribution < -0.4 is 15.8 Å². The molecule has 0 unspecified atom stereocenters. The smallest absolute Gasteiger partial charge is 0.290 e. The Hall–Kier alpha value is -2.77. The number of hydrogen-bond acceptors (Lipinski definition) is 4. The molecule has 0 bridgehead atoms. The summed E-state index contributed by atoms with van der Waals surface area (Å²) < 4.78 is 26.9. The summed E-state index contributed by atoms with van der Waals surface area (Å²) in [5.41, 5.74) is -0.636. The Morgan fingerprint density at radius 2 is 2.21 bits per heavy atom. The summed E-state index contributed by atoms with van der Waals surface area (Å²) in [5, 5.41) is 2.70. The lowest BCUT2D eigenvalue weighted by molar-refractivity contribution is 0.0928. The van der Waals surface area contributed by atoms with Crippen LogP contribution in [-0.4, -0.2) is 35.0 Å². The lowest BCUT2D eigenvalue weighted by atomic mass is 10.0. The molecule has 8 heteroatoms. The summed E-state index contributed by atoms with van der Waals surface area (Å²) >= 11 is 0. The summed E-state index contributed by atoms with van der Waals surface area (Å²) in [6.45, 7) is 1.02. The highest BCUT2D eigenvalue weighted by Crippen LogP contribution is 2.16. The van der Waals surface area contributed by atoms with Gasteiger partial charge in [-0.2, -0.15) is 0 Å². The number of carbonyl (C=O) groups excluding carboxylic acids is 1. The van der Waals surface area contributed by atoms with Crippen LogP contribution in [0.25, 0.3) is 0 Å². The Morgan fingerprint density at radius 3 is 3.00 bits per heavy atom. The standard InChI is InChI=1S/C16H16F2N4O2/c17-12-5-1-4-11(13(12)18)15(23)21-10-3-2-8-22(9-10)14-16(24)20-7-6-19-14/h1,4-7,10H,2-3,8-9H2,(H,20,24)(H,21,23)/t10-/m1/s1. The van der Waals surface area contributed by atoms with Crippen molar-refractivity contribution in [1.82, 2.24) is 15.3 Å². The van der Waals surface area contributed by atoms with Gasteiger partial charge in [0.05, 0.1) is 5.56 Å². The Kier molecular flexibility index (Phi) is 4.54. The zero-order valence-electron chi connectivity index (χ0n) is 12.8. The van der Waals surface area contributed by atoms with Gasteiger partial charge in [-0.05, 0) is 25.0 Å². The second-order valence-electron chi connectivity index (χ2n) is 5.60. The van der Waals surface area contributed by atoms with E-state index in [0.29, 0.717) is 19.5 Å². The molecule has 1 atom stereocenters. The number of piperidine rings is 1. The normalized spacial score (nSPS) is 17.6. The van der Waals surface area contributed by atoms with Crippen LogP contribution in [0.4, 0.5) is 14.6 Å². The minimum Gasteiger partial charge on any atom is -0.350 e. The maximum Gasteiger partial charge on any atom is 0.290 e. The van der Waals surface area contributed by atoms with Crippen molar-refractivity contribution in [3.8, 4) is 0 Å². The Labute approximate surface area is 136 Å². The molecule has 0 aliphatic carbocycles. The molecule has 0 saturated carbocycles. The number of anilines is 1. The van der Waals surface area contributed by atoms with Gasteiger partial charge in [0, 0.05) is 31.5 Å². The Balaban J connectivity index is 1.72. The van der Waals surface area contributed by atoms with Gasteiger partial charge >= 0.3 is 0 Å². The van der Waals surface area contributed by atoms with Crippen LogP contribution in [0.3, 0.4) is 0 Å². The first-order valence-electron chi connectivity index (χ1n) is 7.60. The summed E-state index contributed by atoms with van der Waals surface area (Å²) in [7, 11) is 0. The minimum absolute atomic E-state index is 0.282. The first kappa shape index (κ1) is 16.1. The van der Waals surface area contributed by atoms with Crippen LogP contribution in [0, 0.1) is 11.6 Å². The molecule has 0 spiro atoms. The molecule has 1 fully saturated rings. The van der Waals surface area contributed by atoms with E-state index < -0.39 is 17.5 Å². The van der Waals surface area contributed by atoms with Crippen molar-refractivity contribution in [3.05, 3.63) is 58.1 Å². The number of nitrogens with one attached hydrogen (secondary N) is 2. The zero-order valence-corrected chi connectivity index (χ0v) is 12.8. The number of halogens is 2. The van der Waals surface area contributed by atoms with E-state index in [4.69, 9.17) is 0 Å². The molecule has 126 valence electrons. The van der Waals surface area contributed by atoms with Crippen molar-refractivity contribution >= 4 is 11.7 Å². The fourth-order valence-corrected chi connectivity index (χ4v) is 2.80. The van der Waals surface area contributed by atoms with E-state index >= 15 is 0 Å². The Morgan fingerprint density at radius 1 is 1.38 bits per heavy atom. The van der Waals surface area contributed by atoms with Crippen LogP contribution in [-0.2, 0) is 0 Å². The van der Waals surface area contributed by atoms with Gasteiger partial charge in [-0.15, -0.1) is 0 Å². The maximum absolute atomic E-state index is 13.7. The number of rotatable bonds is 3. The maximum atomic E-state index is 13.7. The zero-order chi connectivity index (χ0) is 17.1. The quantitative estimate of drug-likeness (QED) is 0.890. The minimum atomic E-state index is -1.16. The van der Waals surface area contributed by atoms with Crippen LogP contribution in [0.2, 0.25) is 0 Å². The van der Waals surface area contributed by atoms with E-state index in [1.54, 1.807) is 4.90 Å². The van der Waals surface area contributed by atoms with Crippen LogP contribution in [0.5, 0.6) is 0 Å². The van der Waals surface area contributed by atoms with Crippen molar-refractivity contribution in [2.75, 3.05) is 18.0 Å².